The number of hydrogen-bond acceptors (Lipinski definition) is 7. The summed E-state index contributed by atoms with van der Waals surface area (Å²) in [7, 11) is -2.70. The lowest BCUT2D eigenvalue weighted by atomic mass is 10.2. The average Bonchev–Trinajstić information content (AvgIpc) is 3.01. The van der Waals surface area contributed by atoms with Gasteiger partial charge in [0.1, 0.15) is 18.0 Å². The fourth-order valence-electron chi connectivity index (χ4n) is 3.87. The number of benzene rings is 4. The van der Waals surface area contributed by atoms with Gasteiger partial charge < -0.3 is 14.8 Å². The molecule has 2 amide bonds. The average molecular weight is 621 g/mol. The predicted molar refractivity (Wildman–Crippen MR) is 166 cm³/mol. The number of carbonyl (C=O) groups excluding carboxylic acids is 2. The number of hydrogen-bond donors (Lipinski definition) is 2. The van der Waals surface area contributed by atoms with Gasteiger partial charge in [0, 0.05) is 0 Å². The normalized spacial score (nSPS) is 11.1. The molecule has 10 nitrogen and oxygen atoms in total. The van der Waals surface area contributed by atoms with Crippen LogP contribution < -0.4 is 24.5 Å². The molecule has 0 heterocycles. The fraction of sp³-hybridized carbons (Fsp3) is 0.129. The first-order valence-corrected chi connectivity index (χ1v) is 14.8. The van der Waals surface area contributed by atoms with Crippen LogP contribution in [0.1, 0.15) is 11.1 Å². The lowest BCUT2D eigenvalue weighted by molar-refractivity contribution is -0.119. The maximum absolute atomic E-state index is 13.6. The standard InChI is InChI=1S/C31H29ClN4O6S/c1-22-11-17-25(18-12-22)43(39,40)36(28-9-5-6-10-29(28)41-2)20-30(37)35-33-19-23-13-15-24(16-14-23)42-21-31(38)34-27-8-4-3-7-26(27)32/h3-19H,20-21H2,1-2H3,(H,34,38)(H,35,37)/b33-19+. The lowest BCUT2D eigenvalue weighted by Gasteiger charge is -2.25. The van der Waals surface area contributed by atoms with Crippen molar-refractivity contribution in [1.82, 2.24) is 5.43 Å². The van der Waals surface area contributed by atoms with Crippen LogP contribution in [0, 0.1) is 6.92 Å². The molecule has 0 saturated carbocycles. The van der Waals surface area contributed by atoms with Crippen LogP contribution in [0.2, 0.25) is 5.02 Å². The number of ether oxygens (including phenoxy) is 2. The van der Waals surface area contributed by atoms with Crippen molar-refractivity contribution in [3.8, 4) is 11.5 Å². The molecular weight excluding hydrogens is 592 g/mol. The largest absolute Gasteiger partial charge is 0.495 e. The maximum atomic E-state index is 13.6. The smallest absolute Gasteiger partial charge is 0.264 e. The van der Waals surface area contributed by atoms with Crippen LogP contribution in [-0.4, -0.2) is 46.7 Å². The van der Waals surface area contributed by atoms with E-state index in [0.717, 1.165) is 9.87 Å². The van der Waals surface area contributed by atoms with Gasteiger partial charge in [-0.25, -0.2) is 13.8 Å². The Labute approximate surface area is 254 Å². The Bertz CT molecular complexity index is 1710. The summed E-state index contributed by atoms with van der Waals surface area (Å²) in [6.07, 6.45) is 1.40. The number of nitrogens with one attached hydrogen (secondary N) is 2. The molecule has 2 N–H and O–H groups in total. The molecule has 4 aromatic carbocycles. The van der Waals surface area contributed by atoms with Gasteiger partial charge in [0.15, 0.2) is 6.61 Å². The first-order chi connectivity index (χ1) is 20.7. The van der Waals surface area contributed by atoms with Crippen LogP contribution in [0.3, 0.4) is 0 Å². The van der Waals surface area contributed by atoms with Crippen LogP contribution in [0.15, 0.2) is 107 Å². The molecule has 0 atom stereocenters. The van der Waals surface area contributed by atoms with Crippen molar-refractivity contribution in [2.45, 2.75) is 11.8 Å². The van der Waals surface area contributed by atoms with E-state index in [2.05, 4.69) is 15.8 Å². The fourth-order valence-corrected chi connectivity index (χ4v) is 5.48. The Hall–Kier alpha value is -4.87. The minimum absolute atomic E-state index is 0.0314. The van der Waals surface area contributed by atoms with E-state index in [9.17, 15) is 18.0 Å². The summed E-state index contributed by atoms with van der Waals surface area (Å²) in [5.41, 5.74) is 4.60. The Kier molecular flexibility index (Phi) is 10.4. The molecule has 12 heteroatoms. The second-order valence-corrected chi connectivity index (χ2v) is 11.4. The number of amides is 2. The van der Waals surface area contributed by atoms with Crippen molar-refractivity contribution in [2.24, 2.45) is 5.10 Å². The minimum atomic E-state index is -4.12. The Balaban J connectivity index is 1.38. The third-order valence-electron chi connectivity index (χ3n) is 6.05. The Morgan fingerprint density at radius 3 is 2.28 bits per heavy atom. The summed E-state index contributed by atoms with van der Waals surface area (Å²) in [4.78, 5) is 25.1. The molecule has 0 aliphatic heterocycles. The number of halogens is 1. The quantitative estimate of drug-likeness (QED) is 0.169. The van der Waals surface area contributed by atoms with Gasteiger partial charge in [-0.15, -0.1) is 0 Å². The summed E-state index contributed by atoms with van der Waals surface area (Å²) in [6.45, 7) is 1.09. The van der Waals surface area contributed by atoms with E-state index in [1.54, 1.807) is 84.9 Å². The topological polar surface area (TPSA) is 126 Å². The highest BCUT2D eigenvalue weighted by Gasteiger charge is 2.29. The number of para-hydroxylation sites is 3. The second kappa shape index (κ2) is 14.3. The third-order valence-corrected chi connectivity index (χ3v) is 8.15. The SMILES string of the molecule is COc1ccccc1N(CC(=O)N/N=C/c1ccc(OCC(=O)Nc2ccccc2Cl)cc1)S(=O)(=O)c1ccc(C)cc1. The highest BCUT2D eigenvalue weighted by Crippen LogP contribution is 2.32. The number of nitrogens with zero attached hydrogens (tertiary/aromatic N) is 2. The van der Waals surface area contributed by atoms with Gasteiger partial charge in [-0.1, -0.05) is 53.6 Å². The van der Waals surface area contributed by atoms with E-state index >= 15 is 0 Å². The van der Waals surface area contributed by atoms with Crippen molar-refractivity contribution in [2.75, 3.05) is 29.9 Å². The van der Waals surface area contributed by atoms with Crippen molar-refractivity contribution in [1.29, 1.82) is 0 Å². The van der Waals surface area contributed by atoms with Crippen LogP contribution >= 0.6 is 11.6 Å². The zero-order chi connectivity index (χ0) is 30.8. The van der Waals surface area contributed by atoms with Gasteiger partial charge in [-0.3, -0.25) is 13.9 Å². The first-order valence-electron chi connectivity index (χ1n) is 13.0. The van der Waals surface area contributed by atoms with E-state index < -0.39 is 22.5 Å². The van der Waals surface area contributed by atoms with Gasteiger partial charge in [-0.05, 0) is 73.2 Å². The molecule has 43 heavy (non-hydrogen) atoms. The number of hydrazone groups is 1. The monoisotopic (exact) mass is 620 g/mol. The summed E-state index contributed by atoms with van der Waals surface area (Å²) < 4.78 is 39.0. The molecule has 4 aromatic rings. The Morgan fingerprint density at radius 1 is 0.907 bits per heavy atom. The lowest BCUT2D eigenvalue weighted by Crippen LogP contribution is -2.39. The van der Waals surface area contributed by atoms with Gasteiger partial charge in [-0.2, -0.15) is 5.10 Å². The van der Waals surface area contributed by atoms with Gasteiger partial charge in [0.05, 0.1) is 34.6 Å². The maximum Gasteiger partial charge on any atom is 0.264 e. The number of carbonyl (C=O) groups is 2. The molecule has 0 bridgehead atoms. The number of methoxy groups -OCH3 is 1. The summed E-state index contributed by atoms with van der Waals surface area (Å²) >= 11 is 6.05. The summed E-state index contributed by atoms with van der Waals surface area (Å²) in [5.74, 6) is -0.294. The van der Waals surface area contributed by atoms with E-state index in [4.69, 9.17) is 21.1 Å². The third kappa shape index (κ3) is 8.34. The van der Waals surface area contributed by atoms with Gasteiger partial charge in [0.2, 0.25) is 0 Å². The zero-order valence-corrected chi connectivity index (χ0v) is 24.9. The van der Waals surface area contributed by atoms with Gasteiger partial charge >= 0.3 is 0 Å². The number of sulfonamides is 1. The predicted octanol–water partition coefficient (Wildman–Crippen LogP) is 5.02. The molecule has 0 aliphatic carbocycles. The summed E-state index contributed by atoms with van der Waals surface area (Å²) in [6, 6.07) is 26.4. The van der Waals surface area contributed by atoms with Crippen molar-refractivity contribution < 1.29 is 27.5 Å². The molecule has 0 radical (unpaired) electrons. The molecule has 222 valence electrons. The van der Waals surface area contributed by atoms with E-state index in [-0.39, 0.29) is 28.8 Å². The Morgan fingerprint density at radius 2 is 1.58 bits per heavy atom. The highest BCUT2D eigenvalue weighted by molar-refractivity contribution is 7.92. The zero-order valence-electron chi connectivity index (χ0n) is 23.4. The summed E-state index contributed by atoms with van der Waals surface area (Å²) in [5, 5.41) is 7.06. The first kappa shape index (κ1) is 31.1. The number of rotatable bonds is 12. The van der Waals surface area contributed by atoms with E-state index in [1.807, 2.05) is 6.92 Å². The molecule has 0 saturated heterocycles. The van der Waals surface area contributed by atoms with Crippen LogP contribution in [0.25, 0.3) is 0 Å². The van der Waals surface area contributed by atoms with Crippen LogP contribution in [-0.2, 0) is 19.6 Å². The molecule has 4 rings (SSSR count). The van der Waals surface area contributed by atoms with Crippen molar-refractivity contribution >= 4 is 51.0 Å². The van der Waals surface area contributed by atoms with Gasteiger partial charge in [0.25, 0.3) is 21.8 Å². The molecule has 0 fully saturated rings. The number of anilines is 2. The van der Waals surface area contributed by atoms with Crippen LogP contribution in [0.4, 0.5) is 11.4 Å². The van der Waals surface area contributed by atoms with Crippen molar-refractivity contribution in [3.63, 3.8) is 0 Å². The van der Waals surface area contributed by atoms with E-state index in [0.29, 0.717) is 22.0 Å². The molecule has 0 unspecified atom stereocenters. The van der Waals surface area contributed by atoms with Crippen LogP contribution in [0.5, 0.6) is 11.5 Å². The number of aryl methyl sites for hydroxylation is 1. The van der Waals surface area contributed by atoms with E-state index in [1.165, 1.54) is 25.5 Å². The minimum Gasteiger partial charge on any atom is -0.495 e. The molecule has 0 spiro atoms. The molecule has 0 aromatic heterocycles. The second-order valence-electron chi connectivity index (χ2n) is 9.18. The highest BCUT2D eigenvalue weighted by atomic mass is 35.5. The molecule has 0 aliphatic rings. The van der Waals surface area contributed by atoms with Crippen molar-refractivity contribution in [3.05, 3.63) is 113 Å². The molecular formula is C31H29ClN4O6S.